The van der Waals surface area contributed by atoms with E-state index in [1.54, 1.807) is 0 Å². The van der Waals surface area contributed by atoms with Crippen molar-refractivity contribution in [1.29, 1.82) is 0 Å². The topological polar surface area (TPSA) is 87.7 Å². The van der Waals surface area contributed by atoms with Crippen molar-refractivity contribution < 1.29 is 24.2 Å². The fourth-order valence-electron chi connectivity index (χ4n) is 3.74. The SMILES string of the molecule is CCCCC(CC)Cc1c(C(=O)O)oc(C(=O)O)c1CC(CC)CCCC. The second-order valence-electron chi connectivity index (χ2n) is 7.57. The minimum atomic E-state index is -1.18. The van der Waals surface area contributed by atoms with Crippen molar-refractivity contribution >= 4 is 11.9 Å². The van der Waals surface area contributed by atoms with E-state index in [-0.39, 0.29) is 11.5 Å². The zero-order chi connectivity index (χ0) is 20.4. The van der Waals surface area contributed by atoms with E-state index in [4.69, 9.17) is 4.42 Å². The van der Waals surface area contributed by atoms with Crippen LogP contribution in [0.2, 0.25) is 0 Å². The fraction of sp³-hybridized carbons (Fsp3) is 0.727. The Labute approximate surface area is 163 Å². The van der Waals surface area contributed by atoms with Crippen LogP contribution in [0.25, 0.3) is 0 Å². The Morgan fingerprint density at radius 2 is 1.15 bits per heavy atom. The molecule has 2 atom stereocenters. The zero-order valence-electron chi connectivity index (χ0n) is 17.3. The summed E-state index contributed by atoms with van der Waals surface area (Å²) in [4.78, 5) is 23.5. The normalized spacial score (nSPS) is 13.5. The summed E-state index contributed by atoms with van der Waals surface area (Å²) >= 11 is 0. The molecule has 2 unspecified atom stereocenters. The van der Waals surface area contributed by atoms with Gasteiger partial charge in [0.25, 0.3) is 0 Å². The molecule has 0 aromatic carbocycles. The number of furan rings is 1. The summed E-state index contributed by atoms with van der Waals surface area (Å²) in [6, 6.07) is 0. The lowest BCUT2D eigenvalue weighted by Crippen LogP contribution is -2.12. The van der Waals surface area contributed by atoms with Crippen LogP contribution in [0.4, 0.5) is 0 Å². The van der Waals surface area contributed by atoms with E-state index >= 15 is 0 Å². The smallest absolute Gasteiger partial charge is 0.372 e. The largest absolute Gasteiger partial charge is 0.475 e. The molecule has 154 valence electrons. The number of unbranched alkanes of at least 4 members (excludes halogenated alkanes) is 2. The van der Waals surface area contributed by atoms with Gasteiger partial charge in [0.2, 0.25) is 11.5 Å². The van der Waals surface area contributed by atoms with Gasteiger partial charge in [0.05, 0.1) is 0 Å². The van der Waals surface area contributed by atoms with Gasteiger partial charge in [0.1, 0.15) is 0 Å². The number of aromatic carboxylic acids is 2. The lowest BCUT2D eigenvalue weighted by molar-refractivity contribution is 0.0630. The van der Waals surface area contributed by atoms with Crippen LogP contribution < -0.4 is 0 Å². The Morgan fingerprint density at radius 1 is 0.778 bits per heavy atom. The van der Waals surface area contributed by atoms with Gasteiger partial charge < -0.3 is 14.6 Å². The molecule has 0 aliphatic carbocycles. The summed E-state index contributed by atoms with van der Waals surface area (Å²) < 4.78 is 5.37. The summed E-state index contributed by atoms with van der Waals surface area (Å²) in [5.74, 6) is -2.02. The van der Waals surface area contributed by atoms with Gasteiger partial charge in [0, 0.05) is 11.1 Å². The molecule has 0 fully saturated rings. The van der Waals surface area contributed by atoms with E-state index in [2.05, 4.69) is 27.7 Å². The van der Waals surface area contributed by atoms with Gasteiger partial charge >= 0.3 is 11.9 Å². The molecule has 0 aliphatic heterocycles. The number of hydrogen-bond donors (Lipinski definition) is 2. The standard InChI is InChI=1S/C22H36O5/c1-5-9-11-15(7-3)13-17-18(14-16(8-4)12-10-6-2)20(22(25)26)27-19(17)21(23)24/h15-16H,5-14H2,1-4H3,(H,23,24)(H,25,26). The Morgan fingerprint density at radius 3 is 1.41 bits per heavy atom. The van der Waals surface area contributed by atoms with E-state index < -0.39 is 11.9 Å². The number of hydrogen-bond acceptors (Lipinski definition) is 3. The Hall–Kier alpha value is -1.78. The first-order chi connectivity index (χ1) is 12.9. The minimum absolute atomic E-state index is 0.178. The van der Waals surface area contributed by atoms with Crippen molar-refractivity contribution in [2.75, 3.05) is 0 Å². The molecular weight excluding hydrogens is 344 g/mol. The molecule has 27 heavy (non-hydrogen) atoms. The molecular formula is C22H36O5. The summed E-state index contributed by atoms with van der Waals surface area (Å²) in [7, 11) is 0. The quantitative estimate of drug-likeness (QED) is 0.401. The molecule has 5 nitrogen and oxygen atoms in total. The van der Waals surface area contributed by atoms with E-state index in [9.17, 15) is 19.8 Å². The fourth-order valence-corrected chi connectivity index (χ4v) is 3.74. The highest BCUT2D eigenvalue weighted by atomic mass is 16.4. The third kappa shape index (κ3) is 6.71. The first-order valence-electron chi connectivity index (χ1n) is 10.5. The van der Waals surface area contributed by atoms with Crippen LogP contribution >= 0.6 is 0 Å². The van der Waals surface area contributed by atoms with Gasteiger partial charge in [-0.2, -0.15) is 0 Å². The highest BCUT2D eigenvalue weighted by Crippen LogP contribution is 2.32. The van der Waals surface area contributed by atoms with Gasteiger partial charge in [-0.15, -0.1) is 0 Å². The van der Waals surface area contributed by atoms with Crippen LogP contribution in [0, 0.1) is 11.8 Å². The molecule has 2 N–H and O–H groups in total. The van der Waals surface area contributed by atoms with E-state index in [1.807, 2.05) is 0 Å². The van der Waals surface area contributed by atoms with Gasteiger partial charge in [-0.1, -0.05) is 79.1 Å². The minimum Gasteiger partial charge on any atom is -0.475 e. The lowest BCUT2D eigenvalue weighted by Gasteiger charge is -2.18. The number of carboxylic acids is 2. The van der Waals surface area contributed by atoms with Crippen LogP contribution in [-0.2, 0) is 12.8 Å². The maximum absolute atomic E-state index is 11.7. The van der Waals surface area contributed by atoms with Crippen LogP contribution in [0.15, 0.2) is 4.42 Å². The molecule has 0 saturated heterocycles. The molecule has 1 rings (SSSR count). The second kappa shape index (κ2) is 11.8. The highest BCUT2D eigenvalue weighted by molar-refractivity contribution is 5.92. The molecule has 0 saturated carbocycles. The van der Waals surface area contributed by atoms with Crippen LogP contribution in [-0.4, -0.2) is 22.2 Å². The Bertz CT molecular complexity index is 552. The lowest BCUT2D eigenvalue weighted by atomic mass is 9.85. The maximum atomic E-state index is 11.7. The molecule has 0 amide bonds. The number of carbonyl (C=O) groups is 2. The summed E-state index contributed by atoms with van der Waals surface area (Å²) in [6.45, 7) is 8.49. The molecule has 0 aliphatic rings. The Balaban J connectivity index is 3.29. The van der Waals surface area contributed by atoms with Crippen molar-refractivity contribution in [2.45, 2.75) is 91.9 Å². The van der Waals surface area contributed by atoms with E-state index in [0.29, 0.717) is 35.8 Å². The van der Waals surface area contributed by atoms with Crippen molar-refractivity contribution in [3.63, 3.8) is 0 Å². The molecule has 0 bridgehead atoms. The number of carboxylic acid groups (broad SMARTS) is 2. The predicted octanol–water partition coefficient (Wildman–Crippen LogP) is 6.19. The van der Waals surface area contributed by atoms with Crippen LogP contribution in [0.3, 0.4) is 0 Å². The second-order valence-corrected chi connectivity index (χ2v) is 7.57. The summed E-state index contributed by atoms with van der Waals surface area (Å²) in [5, 5.41) is 19.2. The van der Waals surface area contributed by atoms with Crippen molar-refractivity contribution in [2.24, 2.45) is 11.8 Å². The summed E-state index contributed by atoms with van der Waals surface area (Å²) in [6.07, 6.45) is 9.45. The molecule has 0 spiro atoms. The first kappa shape index (κ1) is 23.3. The third-order valence-corrected chi connectivity index (χ3v) is 5.58. The van der Waals surface area contributed by atoms with Gasteiger partial charge in [0.15, 0.2) is 0 Å². The predicted molar refractivity (Wildman–Crippen MR) is 107 cm³/mol. The molecule has 5 heteroatoms. The van der Waals surface area contributed by atoms with Crippen molar-refractivity contribution in [1.82, 2.24) is 0 Å². The van der Waals surface area contributed by atoms with Gasteiger partial charge in [-0.3, -0.25) is 0 Å². The average molecular weight is 381 g/mol. The summed E-state index contributed by atoms with van der Waals surface area (Å²) in [5.41, 5.74) is 1.22. The average Bonchev–Trinajstić information content (AvgIpc) is 3.00. The number of rotatable bonds is 14. The molecule has 0 radical (unpaired) electrons. The maximum Gasteiger partial charge on any atom is 0.372 e. The monoisotopic (exact) mass is 380 g/mol. The van der Waals surface area contributed by atoms with Crippen molar-refractivity contribution in [3.05, 3.63) is 22.6 Å². The highest BCUT2D eigenvalue weighted by Gasteiger charge is 2.30. The van der Waals surface area contributed by atoms with E-state index in [1.165, 1.54) is 0 Å². The van der Waals surface area contributed by atoms with E-state index in [0.717, 1.165) is 51.4 Å². The molecule has 1 aromatic heterocycles. The van der Waals surface area contributed by atoms with Crippen LogP contribution in [0.5, 0.6) is 0 Å². The van der Waals surface area contributed by atoms with Crippen LogP contribution in [0.1, 0.15) is 111 Å². The zero-order valence-corrected chi connectivity index (χ0v) is 17.3. The molecule has 1 heterocycles. The van der Waals surface area contributed by atoms with Crippen molar-refractivity contribution in [3.8, 4) is 0 Å². The van der Waals surface area contributed by atoms with Gasteiger partial charge in [-0.25, -0.2) is 9.59 Å². The third-order valence-electron chi connectivity index (χ3n) is 5.58. The molecule has 1 aromatic rings. The Kier molecular flexibility index (Phi) is 10.2. The first-order valence-corrected chi connectivity index (χ1v) is 10.5. The van der Waals surface area contributed by atoms with Gasteiger partial charge in [-0.05, 0) is 24.7 Å².